The van der Waals surface area contributed by atoms with Gasteiger partial charge in [-0.1, -0.05) is 11.3 Å². The third-order valence-corrected chi connectivity index (χ3v) is 3.76. The van der Waals surface area contributed by atoms with Crippen molar-refractivity contribution in [2.75, 3.05) is 13.2 Å². The Morgan fingerprint density at radius 2 is 2.42 bits per heavy atom. The van der Waals surface area contributed by atoms with Gasteiger partial charge in [-0.25, -0.2) is 9.48 Å². The number of fused-ring (bicyclic) bond motifs is 1. The van der Waals surface area contributed by atoms with Gasteiger partial charge in [-0.05, 0) is 25.5 Å². The number of carboxylic acid groups (broad SMARTS) is 1. The molecule has 1 aliphatic rings. The van der Waals surface area contributed by atoms with E-state index in [1.807, 2.05) is 6.92 Å². The Kier molecular flexibility index (Phi) is 2.94. The second-order valence-corrected chi connectivity index (χ2v) is 4.88. The van der Waals surface area contributed by atoms with Gasteiger partial charge in [0.05, 0.1) is 18.2 Å². The maximum atomic E-state index is 11.3. The molecule has 19 heavy (non-hydrogen) atoms. The Morgan fingerprint density at radius 3 is 3.11 bits per heavy atom. The SMILES string of the molecule is CC(C1CCOC1)n1nnc2cccc(C(=O)O)c21. The minimum Gasteiger partial charge on any atom is -0.478 e. The van der Waals surface area contributed by atoms with Crippen molar-refractivity contribution in [2.24, 2.45) is 5.92 Å². The summed E-state index contributed by atoms with van der Waals surface area (Å²) in [4.78, 5) is 11.3. The number of hydrogen-bond donors (Lipinski definition) is 1. The second-order valence-electron chi connectivity index (χ2n) is 4.88. The van der Waals surface area contributed by atoms with Crippen LogP contribution in [0.25, 0.3) is 11.0 Å². The van der Waals surface area contributed by atoms with Gasteiger partial charge in [-0.3, -0.25) is 0 Å². The lowest BCUT2D eigenvalue weighted by atomic mass is 10.0. The van der Waals surface area contributed by atoms with Crippen LogP contribution in [0.5, 0.6) is 0 Å². The zero-order chi connectivity index (χ0) is 13.4. The largest absolute Gasteiger partial charge is 0.478 e. The minimum atomic E-state index is -0.955. The van der Waals surface area contributed by atoms with E-state index < -0.39 is 5.97 Å². The summed E-state index contributed by atoms with van der Waals surface area (Å²) in [5, 5.41) is 17.5. The molecule has 0 bridgehead atoms. The molecule has 0 saturated carbocycles. The van der Waals surface area contributed by atoms with Crippen LogP contribution in [0.15, 0.2) is 18.2 Å². The quantitative estimate of drug-likeness (QED) is 0.910. The van der Waals surface area contributed by atoms with Crippen molar-refractivity contribution in [3.05, 3.63) is 23.8 Å². The van der Waals surface area contributed by atoms with Crippen LogP contribution in [0.3, 0.4) is 0 Å². The highest BCUT2D eigenvalue weighted by atomic mass is 16.5. The van der Waals surface area contributed by atoms with Crippen molar-refractivity contribution in [3.63, 3.8) is 0 Å². The van der Waals surface area contributed by atoms with Crippen LogP contribution in [0.1, 0.15) is 29.7 Å². The lowest BCUT2D eigenvalue weighted by Gasteiger charge is -2.18. The molecule has 2 heterocycles. The minimum absolute atomic E-state index is 0.0769. The van der Waals surface area contributed by atoms with Gasteiger partial charge < -0.3 is 9.84 Å². The molecule has 100 valence electrons. The molecular weight excluding hydrogens is 246 g/mol. The van der Waals surface area contributed by atoms with Crippen molar-refractivity contribution in [3.8, 4) is 0 Å². The summed E-state index contributed by atoms with van der Waals surface area (Å²) >= 11 is 0. The van der Waals surface area contributed by atoms with E-state index in [-0.39, 0.29) is 11.6 Å². The summed E-state index contributed by atoms with van der Waals surface area (Å²) in [5.74, 6) is -0.601. The van der Waals surface area contributed by atoms with Gasteiger partial charge >= 0.3 is 5.97 Å². The molecular formula is C13H15N3O3. The molecule has 2 aromatic rings. The van der Waals surface area contributed by atoms with E-state index in [4.69, 9.17) is 4.74 Å². The zero-order valence-electron chi connectivity index (χ0n) is 10.6. The number of nitrogens with zero attached hydrogens (tertiary/aromatic N) is 3. The van der Waals surface area contributed by atoms with Gasteiger partial charge in [-0.2, -0.15) is 0 Å². The summed E-state index contributed by atoms with van der Waals surface area (Å²) in [6.45, 7) is 3.48. The lowest BCUT2D eigenvalue weighted by molar-refractivity contribution is 0.0698. The normalized spacial score (nSPS) is 20.8. The summed E-state index contributed by atoms with van der Waals surface area (Å²) in [5.41, 5.74) is 1.45. The Morgan fingerprint density at radius 1 is 1.58 bits per heavy atom. The molecule has 6 nitrogen and oxygen atoms in total. The predicted octanol–water partition coefficient (Wildman–Crippen LogP) is 1.73. The van der Waals surface area contributed by atoms with E-state index in [1.165, 1.54) is 0 Å². The highest BCUT2D eigenvalue weighted by Gasteiger charge is 2.27. The van der Waals surface area contributed by atoms with Crippen molar-refractivity contribution in [1.82, 2.24) is 15.0 Å². The van der Waals surface area contributed by atoms with E-state index in [9.17, 15) is 9.90 Å². The van der Waals surface area contributed by atoms with Crippen LogP contribution in [0.4, 0.5) is 0 Å². The molecule has 1 aliphatic heterocycles. The fourth-order valence-corrected chi connectivity index (χ4v) is 2.58. The number of benzene rings is 1. The van der Waals surface area contributed by atoms with E-state index in [0.29, 0.717) is 23.6 Å². The van der Waals surface area contributed by atoms with E-state index in [1.54, 1.807) is 22.9 Å². The number of ether oxygens (including phenoxy) is 1. The van der Waals surface area contributed by atoms with Gasteiger partial charge in [-0.15, -0.1) is 5.10 Å². The number of carbonyl (C=O) groups is 1. The first kappa shape index (κ1) is 12.1. The maximum Gasteiger partial charge on any atom is 0.337 e. The molecule has 1 N–H and O–H groups in total. The van der Waals surface area contributed by atoms with Crippen molar-refractivity contribution < 1.29 is 14.6 Å². The number of para-hydroxylation sites is 1. The van der Waals surface area contributed by atoms with E-state index >= 15 is 0 Å². The fraction of sp³-hybridized carbons (Fsp3) is 0.462. The third kappa shape index (κ3) is 1.98. The summed E-state index contributed by atoms with van der Waals surface area (Å²) < 4.78 is 7.11. The molecule has 0 radical (unpaired) electrons. The van der Waals surface area contributed by atoms with Gasteiger partial charge in [0, 0.05) is 12.5 Å². The second kappa shape index (κ2) is 4.62. The monoisotopic (exact) mass is 261 g/mol. The molecule has 1 fully saturated rings. The maximum absolute atomic E-state index is 11.3. The van der Waals surface area contributed by atoms with Crippen molar-refractivity contribution in [2.45, 2.75) is 19.4 Å². The standard InChI is InChI=1S/C13H15N3O3/c1-8(9-5-6-19-7-9)16-12-10(13(17)18)3-2-4-11(12)14-15-16/h2-4,8-9H,5-7H2,1H3,(H,17,18). The molecule has 2 atom stereocenters. The van der Waals surface area contributed by atoms with Crippen LogP contribution < -0.4 is 0 Å². The number of carboxylic acids is 1. The molecule has 1 aromatic carbocycles. The zero-order valence-corrected chi connectivity index (χ0v) is 10.6. The summed E-state index contributed by atoms with van der Waals surface area (Å²) in [6, 6.07) is 5.13. The fourth-order valence-electron chi connectivity index (χ4n) is 2.58. The number of rotatable bonds is 3. The Balaban J connectivity index is 2.10. The average Bonchev–Trinajstić information content (AvgIpc) is 3.06. The Labute approximate surface area is 110 Å². The number of hydrogen-bond acceptors (Lipinski definition) is 4. The number of aromatic carboxylic acids is 1. The van der Waals surface area contributed by atoms with E-state index in [2.05, 4.69) is 10.3 Å². The lowest BCUT2D eigenvalue weighted by Crippen LogP contribution is -2.19. The van der Waals surface area contributed by atoms with Gasteiger partial charge in [0.15, 0.2) is 0 Å². The molecule has 0 amide bonds. The van der Waals surface area contributed by atoms with Crippen molar-refractivity contribution >= 4 is 17.0 Å². The molecule has 3 rings (SSSR count). The van der Waals surface area contributed by atoms with Gasteiger partial charge in [0.25, 0.3) is 0 Å². The average molecular weight is 261 g/mol. The molecule has 1 aromatic heterocycles. The van der Waals surface area contributed by atoms with Crippen molar-refractivity contribution in [1.29, 1.82) is 0 Å². The molecule has 1 saturated heterocycles. The smallest absolute Gasteiger partial charge is 0.337 e. The summed E-state index contributed by atoms with van der Waals surface area (Å²) in [6.07, 6.45) is 0.970. The molecule has 0 aliphatic carbocycles. The first-order valence-corrected chi connectivity index (χ1v) is 6.33. The molecule has 2 unspecified atom stereocenters. The molecule has 0 spiro atoms. The summed E-state index contributed by atoms with van der Waals surface area (Å²) in [7, 11) is 0. The van der Waals surface area contributed by atoms with E-state index in [0.717, 1.165) is 13.0 Å². The van der Waals surface area contributed by atoms with Gasteiger partial charge in [0.1, 0.15) is 11.0 Å². The highest BCUT2D eigenvalue weighted by Crippen LogP contribution is 2.29. The Hall–Kier alpha value is -1.95. The van der Waals surface area contributed by atoms with Crippen LogP contribution in [0, 0.1) is 5.92 Å². The first-order chi connectivity index (χ1) is 9.18. The first-order valence-electron chi connectivity index (χ1n) is 6.33. The van der Waals surface area contributed by atoms with Crippen LogP contribution >= 0.6 is 0 Å². The van der Waals surface area contributed by atoms with Gasteiger partial charge in [0.2, 0.25) is 0 Å². The number of aromatic nitrogens is 3. The third-order valence-electron chi connectivity index (χ3n) is 3.76. The predicted molar refractivity (Wildman–Crippen MR) is 68.1 cm³/mol. The highest BCUT2D eigenvalue weighted by molar-refractivity contribution is 6.00. The topological polar surface area (TPSA) is 77.2 Å². The van der Waals surface area contributed by atoms with Crippen LogP contribution in [-0.2, 0) is 4.74 Å². The Bertz CT molecular complexity index is 617. The van der Waals surface area contributed by atoms with Crippen LogP contribution in [-0.4, -0.2) is 39.3 Å². The molecule has 6 heteroatoms. The van der Waals surface area contributed by atoms with Crippen LogP contribution in [0.2, 0.25) is 0 Å².